The molecule has 0 unspecified atom stereocenters. The van der Waals surface area contributed by atoms with Crippen molar-refractivity contribution in [2.24, 2.45) is 0 Å². The van der Waals surface area contributed by atoms with Crippen molar-refractivity contribution in [3.05, 3.63) is 0 Å². The summed E-state index contributed by atoms with van der Waals surface area (Å²) in [6, 6.07) is 0. The van der Waals surface area contributed by atoms with Gasteiger partial charge in [-0.25, -0.2) is 0 Å². The second kappa shape index (κ2) is 5.33. The number of carbonyl (C=O) groups is 1. The number of aliphatic hydroxyl groups excluding tert-OH is 1. The zero-order chi connectivity index (χ0) is 10.5. The van der Waals surface area contributed by atoms with Crippen LogP contribution >= 0.6 is 12.6 Å². The van der Waals surface area contributed by atoms with E-state index in [1.165, 1.54) is 0 Å². The maximum absolute atomic E-state index is 11.8. The fraction of sp³-hybridized carbons (Fsp3) is 0.833. The fourth-order valence-corrected chi connectivity index (χ4v) is 0.929. The maximum atomic E-state index is 11.8. The minimum Gasteiger partial charge on any atom is -0.395 e. The summed E-state index contributed by atoms with van der Waals surface area (Å²) in [5, 5.41) is 8.39. The highest BCUT2D eigenvalue weighted by Gasteiger charge is 2.32. The van der Waals surface area contributed by atoms with E-state index in [1.807, 2.05) is 0 Å². The molecule has 0 aromatic heterocycles. The lowest BCUT2D eigenvalue weighted by atomic mass is 10.4. The molecule has 0 aliphatic carbocycles. The lowest BCUT2D eigenvalue weighted by Crippen LogP contribution is -2.41. The van der Waals surface area contributed by atoms with Crippen molar-refractivity contribution in [3.63, 3.8) is 0 Å². The van der Waals surface area contributed by atoms with Crippen LogP contribution < -0.4 is 0 Å². The van der Waals surface area contributed by atoms with Gasteiger partial charge in [0.1, 0.15) is 6.54 Å². The summed E-state index contributed by atoms with van der Waals surface area (Å²) >= 11 is 3.56. The Morgan fingerprint density at radius 2 is 2.00 bits per heavy atom. The third-order valence-electron chi connectivity index (χ3n) is 1.23. The Bertz CT molecular complexity index is 174. The summed E-state index contributed by atoms with van der Waals surface area (Å²) < 4.78 is 35.5. The number of carbonyl (C=O) groups excluding carboxylic acids is 1. The van der Waals surface area contributed by atoms with Crippen molar-refractivity contribution in [1.82, 2.24) is 4.90 Å². The number of rotatable bonds is 4. The molecule has 0 aliphatic rings. The molecule has 0 radical (unpaired) electrons. The Hall–Kier alpha value is -0.430. The van der Waals surface area contributed by atoms with E-state index >= 15 is 0 Å². The van der Waals surface area contributed by atoms with Gasteiger partial charge in [-0.1, -0.05) is 0 Å². The molecule has 3 nitrogen and oxygen atoms in total. The predicted molar refractivity (Wildman–Crippen MR) is 43.6 cm³/mol. The van der Waals surface area contributed by atoms with Crippen LogP contribution in [0.3, 0.4) is 0 Å². The van der Waals surface area contributed by atoms with Gasteiger partial charge in [-0.15, -0.1) is 0 Å². The number of hydrogen-bond donors (Lipinski definition) is 2. The van der Waals surface area contributed by atoms with Crippen LogP contribution in [-0.2, 0) is 4.79 Å². The highest BCUT2D eigenvalue weighted by molar-refractivity contribution is 7.81. The van der Waals surface area contributed by atoms with E-state index in [1.54, 1.807) is 0 Å². The van der Waals surface area contributed by atoms with Crippen molar-refractivity contribution < 1.29 is 23.1 Å². The molecule has 0 aromatic rings. The Kier molecular flexibility index (Phi) is 5.16. The van der Waals surface area contributed by atoms with Crippen molar-refractivity contribution in [1.29, 1.82) is 0 Å². The minimum atomic E-state index is -4.44. The standard InChI is InChI=1S/C6H10F3NO2S/c7-6(8,9)4-10(1-2-11)5(12)3-13/h11,13H,1-4H2. The summed E-state index contributed by atoms with van der Waals surface area (Å²) in [5.74, 6) is -1.04. The van der Waals surface area contributed by atoms with Gasteiger partial charge in [-0.05, 0) is 0 Å². The van der Waals surface area contributed by atoms with Crippen molar-refractivity contribution in [3.8, 4) is 0 Å². The summed E-state index contributed by atoms with van der Waals surface area (Å²) in [7, 11) is 0. The molecule has 7 heteroatoms. The summed E-state index contributed by atoms with van der Waals surface area (Å²) in [6.07, 6.45) is -4.44. The van der Waals surface area contributed by atoms with E-state index in [0.29, 0.717) is 4.90 Å². The van der Waals surface area contributed by atoms with Gasteiger partial charge in [0.05, 0.1) is 12.4 Å². The highest BCUT2D eigenvalue weighted by Crippen LogP contribution is 2.16. The SMILES string of the molecule is O=C(CS)N(CCO)CC(F)(F)F. The lowest BCUT2D eigenvalue weighted by molar-refractivity contribution is -0.160. The Labute approximate surface area is 78.9 Å². The predicted octanol–water partition coefficient (Wildman–Crippen LogP) is 0.299. The lowest BCUT2D eigenvalue weighted by Gasteiger charge is -2.22. The van der Waals surface area contributed by atoms with Crippen molar-refractivity contribution in [2.75, 3.05) is 25.4 Å². The largest absolute Gasteiger partial charge is 0.406 e. The average Bonchev–Trinajstić information content (AvgIpc) is 2.00. The van der Waals surface area contributed by atoms with E-state index in [0.717, 1.165) is 0 Å². The molecule has 78 valence electrons. The second-order valence-electron chi connectivity index (χ2n) is 2.31. The molecule has 0 rings (SSSR count). The number of thiol groups is 1. The van der Waals surface area contributed by atoms with Crippen LogP contribution in [0.25, 0.3) is 0 Å². The molecule has 0 atom stereocenters. The van der Waals surface area contributed by atoms with Gasteiger partial charge >= 0.3 is 6.18 Å². The monoisotopic (exact) mass is 217 g/mol. The number of nitrogens with zero attached hydrogens (tertiary/aromatic N) is 1. The first-order chi connectivity index (χ1) is 5.90. The van der Waals surface area contributed by atoms with Crippen LogP contribution in [-0.4, -0.2) is 47.5 Å². The number of halogens is 3. The van der Waals surface area contributed by atoms with Crippen LogP contribution in [0.15, 0.2) is 0 Å². The molecule has 0 heterocycles. The van der Waals surface area contributed by atoms with Crippen LogP contribution in [0.5, 0.6) is 0 Å². The molecule has 0 spiro atoms. The molecule has 1 N–H and O–H groups in total. The topological polar surface area (TPSA) is 40.5 Å². The molecular formula is C6H10F3NO2S. The van der Waals surface area contributed by atoms with E-state index in [4.69, 9.17) is 5.11 Å². The van der Waals surface area contributed by atoms with Gasteiger partial charge in [0.25, 0.3) is 0 Å². The van der Waals surface area contributed by atoms with Gasteiger partial charge < -0.3 is 10.0 Å². The Morgan fingerprint density at radius 3 is 2.31 bits per heavy atom. The molecule has 0 fully saturated rings. The summed E-state index contributed by atoms with van der Waals surface area (Å²) in [4.78, 5) is 11.3. The fourth-order valence-electron chi connectivity index (χ4n) is 0.729. The molecular weight excluding hydrogens is 207 g/mol. The smallest absolute Gasteiger partial charge is 0.395 e. The molecule has 0 aliphatic heterocycles. The number of aliphatic hydroxyl groups is 1. The zero-order valence-corrected chi connectivity index (χ0v) is 7.61. The first-order valence-electron chi connectivity index (χ1n) is 3.47. The van der Waals surface area contributed by atoms with Crippen LogP contribution in [0.4, 0.5) is 13.2 Å². The number of amides is 1. The average molecular weight is 217 g/mol. The van der Waals surface area contributed by atoms with Crippen LogP contribution in [0.2, 0.25) is 0 Å². The third kappa shape index (κ3) is 5.75. The maximum Gasteiger partial charge on any atom is 0.406 e. The van der Waals surface area contributed by atoms with Gasteiger partial charge in [-0.3, -0.25) is 4.79 Å². The molecule has 13 heavy (non-hydrogen) atoms. The minimum absolute atomic E-state index is 0.296. The number of hydrogen-bond acceptors (Lipinski definition) is 3. The van der Waals surface area contributed by atoms with Gasteiger partial charge in [0.2, 0.25) is 5.91 Å². The normalized spacial score (nSPS) is 11.5. The first kappa shape index (κ1) is 12.6. The molecule has 1 amide bonds. The van der Waals surface area contributed by atoms with Crippen molar-refractivity contribution in [2.45, 2.75) is 6.18 Å². The quantitative estimate of drug-likeness (QED) is 0.665. The first-order valence-corrected chi connectivity index (χ1v) is 4.10. The van der Waals surface area contributed by atoms with Gasteiger partial charge in [-0.2, -0.15) is 25.8 Å². The Morgan fingerprint density at radius 1 is 1.46 bits per heavy atom. The van der Waals surface area contributed by atoms with E-state index in [2.05, 4.69) is 12.6 Å². The van der Waals surface area contributed by atoms with Gasteiger partial charge in [0.15, 0.2) is 0 Å². The van der Waals surface area contributed by atoms with Gasteiger partial charge in [0, 0.05) is 6.54 Å². The van der Waals surface area contributed by atoms with E-state index in [-0.39, 0.29) is 12.3 Å². The van der Waals surface area contributed by atoms with Crippen LogP contribution in [0.1, 0.15) is 0 Å². The molecule has 0 aromatic carbocycles. The second-order valence-corrected chi connectivity index (χ2v) is 2.63. The molecule has 0 saturated heterocycles. The highest BCUT2D eigenvalue weighted by atomic mass is 32.1. The number of alkyl halides is 3. The van der Waals surface area contributed by atoms with Crippen LogP contribution in [0, 0.1) is 0 Å². The zero-order valence-electron chi connectivity index (χ0n) is 6.71. The third-order valence-corrected chi connectivity index (χ3v) is 1.50. The molecule has 0 bridgehead atoms. The van der Waals surface area contributed by atoms with Crippen molar-refractivity contribution >= 4 is 18.5 Å². The summed E-state index contributed by atoms with van der Waals surface area (Å²) in [5.41, 5.74) is 0. The molecule has 0 saturated carbocycles. The summed E-state index contributed by atoms with van der Waals surface area (Å²) in [6.45, 7) is -2.15. The Balaban J connectivity index is 4.17. The van der Waals surface area contributed by atoms with E-state index in [9.17, 15) is 18.0 Å². The van der Waals surface area contributed by atoms with E-state index < -0.39 is 25.2 Å².